The van der Waals surface area contributed by atoms with Gasteiger partial charge in [0.25, 0.3) is 0 Å². The Balaban J connectivity index is 3.38. The van der Waals surface area contributed by atoms with Crippen LogP contribution in [0, 0.1) is 0 Å². The van der Waals surface area contributed by atoms with Gasteiger partial charge in [-0.05, 0) is 29.6 Å². The summed E-state index contributed by atoms with van der Waals surface area (Å²) in [5.41, 5.74) is -3.10. The van der Waals surface area contributed by atoms with Crippen LogP contribution in [0.25, 0.3) is 0 Å². The molecule has 0 bridgehead atoms. The fraction of sp³-hybridized carbons (Fsp3) is 0.600. The molecular weight excluding hydrogens is 198 g/mol. The monoisotopic (exact) mass is 211 g/mol. The van der Waals surface area contributed by atoms with Crippen molar-refractivity contribution in [2.24, 2.45) is 0 Å². The Morgan fingerprint density at radius 3 is 3.00 bits per heavy atom. The predicted molar refractivity (Wildman–Crippen MR) is 39.3 cm³/mol. The number of hydrogen-bond acceptors (Lipinski definition) is 3. The molecule has 0 aliphatic rings. The minimum absolute atomic E-state index is 0.124. The molecule has 0 aliphatic heterocycles. The van der Waals surface area contributed by atoms with Gasteiger partial charge in [0.2, 0.25) is 0 Å². The molecule has 0 atom stereocenters. The Morgan fingerprint density at radius 1 is 1.90 bits per heavy atom. The molecule has 1 aromatic rings. The van der Waals surface area contributed by atoms with Gasteiger partial charge in [0, 0.05) is 8.22 Å². The summed E-state index contributed by atoms with van der Waals surface area (Å²) in [6, 6.07) is 0. The molecule has 0 fully saturated rings. The molecule has 0 radical (unpaired) electrons. The lowest BCUT2D eigenvalue weighted by molar-refractivity contribution is -0.0120. The molecule has 56 valence electrons. The van der Waals surface area contributed by atoms with Crippen LogP contribution in [0.1, 0.15) is 21.9 Å². The van der Waals surface area contributed by atoms with Crippen molar-refractivity contribution in [2.75, 3.05) is 0 Å². The smallest absolute Gasteiger partial charge is 0.153 e. The van der Waals surface area contributed by atoms with E-state index in [1.807, 2.05) is 0 Å². The molecule has 1 N–H and O–H groups in total. The second-order valence-electron chi connectivity index (χ2n) is 1.66. The van der Waals surface area contributed by atoms with Crippen molar-refractivity contribution in [2.45, 2.75) is 19.4 Å². The van der Waals surface area contributed by atoms with E-state index in [0.717, 1.165) is 6.20 Å². The summed E-state index contributed by atoms with van der Waals surface area (Å²) in [4.78, 5) is 0. The number of halogens is 1. The number of nitrogens with zero attached hydrogens (tertiary/aromatic N) is 3. The van der Waals surface area contributed by atoms with Gasteiger partial charge in [-0.2, -0.15) is 0 Å². The summed E-state index contributed by atoms with van der Waals surface area (Å²) in [6.07, 6.45) is 0.985. The van der Waals surface area contributed by atoms with E-state index >= 15 is 0 Å². The van der Waals surface area contributed by atoms with Gasteiger partial charge in [-0.3, -0.25) is 0 Å². The first kappa shape index (κ1) is 2.91. The lowest BCUT2D eigenvalue weighted by Gasteiger charge is -2.15. The summed E-state index contributed by atoms with van der Waals surface area (Å²) < 4.78 is 43.2. The molecule has 0 aliphatic carbocycles. The molecule has 0 saturated carbocycles. The fourth-order valence-corrected chi connectivity index (χ4v) is 0.666. The van der Waals surface area contributed by atoms with Crippen molar-refractivity contribution < 1.29 is 13.3 Å². The SMILES string of the molecule is [2H]C([2H])([2H])C(O)(n1cc(Br)nn1)C([2H])([2H])[2H]. The summed E-state index contributed by atoms with van der Waals surface area (Å²) in [7, 11) is 0. The van der Waals surface area contributed by atoms with E-state index in [1.165, 1.54) is 0 Å². The molecule has 1 rings (SSSR count). The number of rotatable bonds is 1. The van der Waals surface area contributed by atoms with Crippen molar-refractivity contribution in [3.63, 3.8) is 0 Å². The fourth-order valence-electron chi connectivity index (χ4n) is 0.402. The maximum Gasteiger partial charge on any atom is 0.153 e. The lowest BCUT2D eigenvalue weighted by Crippen LogP contribution is -2.25. The standard InChI is InChI=1S/C5H8BrN3O/c1-5(2,10)9-3-4(6)7-8-9/h3,10H,1-2H3/i1D3,2D3. The zero-order chi connectivity index (χ0) is 12.8. The minimum atomic E-state index is -3.16. The molecule has 0 saturated heterocycles. The Hall–Kier alpha value is -0.420. The maximum absolute atomic E-state index is 9.88. The Bertz CT molecular complexity index is 370. The van der Waals surface area contributed by atoms with E-state index in [2.05, 4.69) is 26.2 Å². The van der Waals surface area contributed by atoms with Gasteiger partial charge in [-0.15, -0.1) is 5.10 Å². The molecule has 1 aromatic heterocycles. The normalized spacial score (nSPS) is 23.4. The highest BCUT2D eigenvalue weighted by Crippen LogP contribution is 2.11. The van der Waals surface area contributed by atoms with Crippen molar-refractivity contribution in [1.82, 2.24) is 15.0 Å². The second kappa shape index (κ2) is 2.32. The third-order valence-corrected chi connectivity index (χ3v) is 1.16. The highest BCUT2D eigenvalue weighted by Gasteiger charge is 2.15. The van der Waals surface area contributed by atoms with Crippen molar-refractivity contribution in [1.29, 1.82) is 0 Å². The molecule has 0 aromatic carbocycles. The van der Waals surface area contributed by atoms with Crippen LogP contribution >= 0.6 is 15.9 Å². The summed E-state index contributed by atoms with van der Waals surface area (Å²) >= 11 is 2.89. The maximum atomic E-state index is 9.88. The Kier molecular flexibility index (Phi) is 0.674. The van der Waals surface area contributed by atoms with Crippen LogP contribution in [-0.2, 0) is 5.72 Å². The first-order valence-electron chi connectivity index (χ1n) is 5.31. The van der Waals surface area contributed by atoms with Gasteiger partial charge in [-0.1, -0.05) is 5.21 Å². The number of aromatic nitrogens is 3. The molecule has 1 heterocycles. The molecule has 0 amide bonds. The first-order valence-corrected chi connectivity index (χ1v) is 3.10. The van der Waals surface area contributed by atoms with Gasteiger partial charge >= 0.3 is 0 Å². The largest absolute Gasteiger partial charge is 0.370 e. The van der Waals surface area contributed by atoms with Gasteiger partial charge in [0.1, 0.15) is 4.60 Å². The van der Waals surface area contributed by atoms with Gasteiger partial charge in [-0.25, -0.2) is 4.68 Å². The molecular formula is C5H8BrN3O. The third kappa shape index (κ3) is 1.54. The topological polar surface area (TPSA) is 50.9 Å². The van der Waals surface area contributed by atoms with Crippen LogP contribution in [0.3, 0.4) is 0 Å². The van der Waals surface area contributed by atoms with Crippen molar-refractivity contribution >= 4 is 15.9 Å². The van der Waals surface area contributed by atoms with E-state index in [4.69, 9.17) is 8.22 Å². The van der Waals surface area contributed by atoms with Gasteiger partial charge in [0.05, 0.1) is 6.20 Å². The zero-order valence-electron chi connectivity index (χ0n) is 10.7. The molecule has 0 unspecified atom stereocenters. The van der Waals surface area contributed by atoms with Gasteiger partial charge in [0.15, 0.2) is 5.72 Å². The summed E-state index contributed by atoms with van der Waals surface area (Å²) in [6.45, 7) is -6.32. The highest BCUT2D eigenvalue weighted by molar-refractivity contribution is 9.10. The average molecular weight is 212 g/mol. The first-order chi connectivity index (χ1) is 7.00. The zero-order valence-corrected chi connectivity index (χ0v) is 6.33. The second-order valence-corrected chi connectivity index (χ2v) is 2.47. The number of aliphatic hydroxyl groups is 1. The quantitative estimate of drug-likeness (QED) is 0.746. The number of hydrogen-bond donors (Lipinski definition) is 1. The van der Waals surface area contributed by atoms with Crippen LogP contribution in [0.2, 0.25) is 0 Å². The van der Waals surface area contributed by atoms with E-state index in [1.54, 1.807) is 0 Å². The Labute approximate surface area is 75.4 Å². The Morgan fingerprint density at radius 2 is 2.60 bits per heavy atom. The van der Waals surface area contributed by atoms with Gasteiger partial charge < -0.3 is 5.11 Å². The minimum Gasteiger partial charge on any atom is -0.370 e. The van der Waals surface area contributed by atoms with Crippen LogP contribution in [0.4, 0.5) is 0 Å². The third-order valence-electron chi connectivity index (χ3n) is 0.797. The van der Waals surface area contributed by atoms with Crippen LogP contribution in [-0.4, -0.2) is 20.1 Å². The molecule has 10 heavy (non-hydrogen) atoms. The predicted octanol–water partition coefficient (Wildman–Crippen LogP) is 0.725. The lowest BCUT2D eigenvalue weighted by atomic mass is 10.3. The average Bonchev–Trinajstić information content (AvgIpc) is 2.46. The molecule has 5 heteroatoms. The molecule has 0 spiro atoms. The van der Waals surface area contributed by atoms with Crippen molar-refractivity contribution in [3.8, 4) is 0 Å². The van der Waals surface area contributed by atoms with Crippen LogP contribution in [0.5, 0.6) is 0 Å². The summed E-state index contributed by atoms with van der Waals surface area (Å²) in [5.74, 6) is 0. The van der Waals surface area contributed by atoms with E-state index in [9.17, 15) is 5.11 Å². The van der Waals surface area contributed by atoms with E-state index in [-0.39, 0.29) is 4.60 Å². The molecule has 4 nitrogen and oxygen atoms in total. The van der Waals surface area contributed by atoms with E-state index < -0.39 is 19.4 Å². The summed E-state index contributed by atoms with van der Waals surface area (Å²) in [5, 5.41) is 16.5. The van der Waals surface area contributed by atoms with E-state index in [0.29, 0.717) is 4.68 Å². The van der Waals surface area contributed by atoms with Crippen LogP contribution in [0.15, 0.2) is 10.8 Å². The highest BCUT2D eigenvalue weighted by atomic mass is 79.9. The van der Waals surface area contributed by atoms with Crippen molar-refractivity contribution in [3.05, 3.63) is 10.8 Å². The van der Waals surface area contributed by atoms with Crippen LogP contribution < -0.4 is 0 Å².